The molecule has 5 atom stereocenters. The van der Waals surface area contributed by atoms with Crippen LogP contribution in [0.5, 0.6) is 0 Å². The monoisotopic (exact) mass is 925 g/mol. The Balaban J connectivity index is 1.16. The fraction of sp³-hybridized carbons (Fsp3) is 0.458. The number of aryl methyl sites for hydroxylation is 1. The van der Waals surface area contributed by atoms with Gasteiger partial charge in [-0.25, -0.2) is 23.8 Å². The van der Waals surface area contributed by atoms with Gasteiger partial charge in [-0.3, -0.25) is 19.2 Å². The number of aliphatic hydroxyl groups is 1. The van der Waals surface area contributed by atoms with Crippen LogP contribution in [0.4, 0.5) is 19.7 Å². The first kappa shape index (κ1) is 48.1. The number of nitrogens with zero attached hydrogens (tertiary/aromatic N) is 2. The van der Waals surface area contributed by atoms with E-state index < -0.39 is 76.8 Å². The molecule has 4 heterocycles. The van der Waals surface area contributed by atoms with Crippen LogP contribution < -0.4 is 32.1 Å². The van der Waals surface area contributed by atoms with E-state index >= 15 is 4.39 Å². The zero-order chi connectivity index (χ0) is 48.9. The zero-order valence-electron chi connectivity index (χ0n) is 38.9. The molecule has 3 aliphatic rings. The number of alkyl carbamates (subject to hydrolysis) is 2. The number of rotatable bonds is 12. The number of hydrogen-bond acceptors (Lipinski definition) is 12. The molecular formula is C48H56FN7O11. The lowest BCUT2D eigenvalue weighted by Crippen LogP contribution is -2.53. The van der Waals surface area contributed by atoms with Crippen molar-refractivity contribution >= 4 is 52.5 Å². The Morgan fingerprint density at radius 1 is 1.00 bits per heavy atom. The van der Waals surface area contributed by atoms with Gasteiger partial charge in [0.25, 0.3) is 5.56 Å². The smallest absolute Gasteiger partial charge is 0.408 e. The molecule has 2 aromatic carbocycles. The second-order valence-electron chi connectivity index (χ2n) is 18.6. The maximum Gasteiger partial charge on any atom is 0.408 e. The van der Waals surface area contributed by atoms with Crippen molar-refractivity contribution in [2.75, 3.05) is 11.9 Å². The van der Waals surface area contributed by atoms with E-state index in [2.05, 4.69) is 26.6 Å². The molecule has 0 spiro atoms. The summed E-state index contributed by atoms with van der Waals surface area (Å²) < 4.78 is 33.7. The van der Waals surface area contributed by atoms with Crippen LogP contribution in [0.1, 0.15) is 119 Å². The average Bonchev–Trinajstić information content (AvgIpc) is 3.63. The third-order valence-electron chi connectivity index (χ3n) is 12.4. The maximum atomic E-state index is 15.5. The predicted octanol–water partition coefficient (Wildman–Crippen LogP) is 5.11. The topological polar surface area (TPSA) is 245 Å². The van der Waals surface area contributed by atoms with E-state index in [-0.39, 0.29) is 49.1 Å². The summed E-state index contributed by atoms with van der Waals surface area (Å²) in [6, 6.07) is 6.67. The fourth-order valence-corrected chi connectivity index (χ4v) is 8.88. The Bertz CT molecular complexity index is 2770. The molecule has 2 aromatic heterocycles. The summed E-state index contributed by atoms with van der Waals surface area (Å²) >= 11 is 0. The molecule has 0 bridgehead atoms. The molecule has 0 saturated heterocycles. The van der Waals surface area contributed by atoms with E-state index in [1.165, 1.54) is 24.5 Å². The van der Waals surface area contributed by atoms with Crippen LogP contribution in [0.25, 0.3) is 22.3 Å². The molecule has 2 aliphatic heterocycles. The number of aromatic nitrogens is 2. The van der Waals surface area contributed by atoms with Crippen LogP contribution in [0.15, 0.2) is 41.2 Å². The van der Waals surface area contributed by atoms with Crippen molar-refractivity contribution in [3.05, 3.63) is 91.5 Å². The first-order valence-corrected chi connectivity index (χ1v) is 22.2. The highest BCUT2D eigenvalue weighted by Gasteiger charge is 2.46. The van der Waals surface area contributed by atoms with E-state index in [1.807, 2.05) is 0 Å². The quantitative estimate of drug-likeness (QED) is 0.0707. The molecule has 3 unspecified atom stereocenters. The summed E-state index contributed by atoms with van der Waals surface area (Å²) in [5, 5.41) is 25.7. The van der Waals surface area contributed by atoms with Gasteiger partial charge in [-0.2, -0.15) is 0 Å². The largest absolute Gasteiger partial charge is 0.458 e. The predicted molar refractivity (Wildman–Crippen MR) is 242 cm³/mol. The highest BCUT2D eigenvalue weighted by Crippen LogP contribution is 2.46. The molecular weight excluding hydrogens is 870 g/mol. The molecule has 19 heteroatoms. The van der Waals surface area contributed by atoms with Crippen molar-refractivity contribution in [1.29, 1.82) is 0 Å². The Hall–Kier alpha value is -6.89. The Kier molecular flexibility index (Phi) is 13.2. The Morgan fingerprint density at radius 2 is 1.70 bits per heavy atom. The molecule has 0 saturated carbocycles. The molecule has 7 rings (SSSR count). The van der Waals surface area contributed by atoms with Gasteiger partial charge in [-0.15, -0.1) is 0 Å². The van der Waals surface area contributed by atoms with Crippen molar-refractivity contribution in [3.8, 4) is 11.4 Å². The standard InChI is InChI=1S/C48H56FN7O11/c1-10-48(64)31-17-35-40-29(20-56(35)43(60)30(31)21-65-44(48)61)38-33(16-15-28-23(4)32(49)18-34(54-40)37(28)38)55-46(63)66-36(19-50-45(62)67-47(7,8)9)26-11-13-27(14-12-26)53-41(58)24(5)51-42(59)39(22(2)3)52-25(6)57/h11-14,17-18,22,24,33,36,39,64H,10,15-16,19-21H2,1-9H3,(H,50,62)(H,51,59)(H,52,57)(H,53,58)(H,55,63)/t24?,33-,36?,39?,48-/m1/s1. The van der Waals surface area contributed by atoms with Gasteiger partial charge in [-0.1, -0.05) is 32.9 Å². The molecule has 1 aliphatic carbocycles. The number of nitrogens with one attached hydrogen (secondary N) is 5. The molecule has 356 valence electrons. The van der Waals surface area contributed by atoms with Gasteiger partial charge in [0.15, 0.2) is 5.60 Å². The number of carbonyl (C=O) groups excluding carboxylic acids is 6. The second-order valence-corrected chi connectivity index (χ2v) is 18.6. The first-order valence-electron chi connectivity index (χ1n) is 22.2. The van der Waals surface area contributed by atoms with Gasteiger partial charge >= 0.3 is 18.2 Å². The van der Waals surface area contributed by atoms with Crippen molar-refractivity contribution in [2.45, 2.75) is 130 Å². The third-order valence-corrected chi connectivity index (χ3v) is 12.4. The van der Waals surface area contributed by atoms with Gasteiger partial charge in [-0.05, 0) is 100 Å². The van der Waals surface area contributed by atoms with Gasteiger partial charge < -0.3 is 50.5 Å². The zero-order valence-corrected chi connectivity index (χ0v) is 38.9. The number of esters is 1. The minimum absolute atomic E-state index is 0.0304. The number of carbonyl (C=O) groups is 6. The normalized spacial score (nSPS) is 18.3. The van der Waals surface area contributed by atoms with E-state index in [4.69, 9.17) is 19.2 Å². The molecule has 6 N–H and O–H groups in total. The van der Waals surface area contributed by atoms with Crippen LogP contribution in [-0.2, 0) is 58.6 Å². The lowest BCUT2D eigenvalue weighted by molar-refractivity contribution is -0.172. The van der Waals surface area contributed by atoms with Gasteiger partial charge in [0, 0.05) is 35.2 Å². The fourth-order valence-electron chi connectivity index (χ4n) is 8.88. The first-order chi connectivity index (χ1) is 31.5. The molecule has 0 radical (unpaired) electrons. The number of benzene rings is 2. The molecule has 0 fully saturated rings. The van der Waals surface area contributed by atoms with Crippen LogP contribution in [0, 0.1) is 18.7 Å². The van der Waals surface area contributed by atoms with Gasteiger partial charge in [0.1, 0.15) is 36.2 Å². The molecule has 18 nitrogen and oxygen atoms in total. The van der Waals surface area contributed by atoms with Crippen molar-refractivity contribution in [3.63, 3.8) is 0 Å². The van der Waals surface area contributed by atoms with Crippen LogP contribution >= 0.6 is 0 Å². The summed E-state index contributed by atoms with van der Waals surface area (Å²) in [6.07, 6.45) is -2.08. The molecule has 67 heavy (non-hydrogen) atoms. The minimum atomic E-state index is -2.06. The third kappa shape index (κ3) is 9.55. The number of pyridine rings is 2. The summed E-state index contributed by atoms with van der Waals surface area (Å²) in [7, 11) is 0. The number of amides is 5. The van der Waals surface area contributed by atoms with Gasteiger partial charge in [0.2, 0.25) is 17.7 Å². The van der Waals surface area contributed by atoms with E-state index in [9.17, 15) is 38.7 Å². The highest BCUT2D eigenvalue weighted by molar-refractivity contribution is 5.98. The van der Waals surface area contributed by atoms with Crippen LogP contribution in [0.3, 0.4) is 0 Å². The van der Waals surface area contributed by atoms with E-state index in [0.29, 0.717) is 68.6 Å². The number of cyclic esters (lactones) is 1. The minimum Gasteiger partial charge on any atom is -0.458 e. The van der Waals surface area contributed by atoms with E-state index in [0.717, 1.165) is 0 Å². The number of halogens is 1. The number of hydrogen-bond donors (Lipinski definition) is 6. The average molecular weight is 926 g/mol. The SMILES string of the molecule is CC[C@]1(O)C(=O)OCc2c1cc1n(c2=O)Cc2c-1nc1cc(F)c(C)c3c1c2[C@H](NC(=O)OC(CNC(=O)OC(C)(C)C)c1ccc(NC(=O)C(C)NC(=O)C(NC(C)=O)C(C)C)cc1)CC3. The van der Waals surface area contributed by atoms with Gasteiger partial charge in [0.05, 0.1) is 41.6 Å². The van der Waals surface area contributed by atoms with Crippen molar-refractivity contribution in [1.82, 2.24) is 30.8 Å². The van der Waals surface area contributed by atoms with E-state index in [1.54, 1.807) is 78.8 Å². The number of fused-ring (bicyclic) bond motifs is 5. The Morgan fingerprint density at radius 3 is 2.34 bits per heavy atom. The van der Waals surface area contributed by atoms with Crippen LogP contribution in [-0.4, -0.2) is 74.8 Å². The summed E-state index contributed by atoms with van der Waals surface area (Å²) in [5.74, 6) is -3.01. The van der Waals surface area contributed by atoms with Crippen molar-refractivity contribution < 1.29 is 52.5 Å². The Labute approximate surface area is 385 Å². The lowest BCUT2D eigenvalue weighted by atomic mass is 9.81. The summed E-state index contributed by atoms with van der Waals surface area (Å²) in [6.45, 7) is 14.2. The maximum absolute atomic E-state index is 15.5. The summed E-state index contributed by atoms with van der Waals surface area (Å²) in [5.41, 5.74) is 0.984. The lowest BCUT2D eigenvalue weighted by Gasteiger charge is -2.31. The molecule has 4 aromatic rings. The van der Waals surface area contributed by atoms with Crippen LogP contribution in [0.2, 0.25) is 0 Å². The highest BCUT2D eigenvalue weighted by atomic mass is 19.1. The van der Waals surface area contributed by atoms with Crippen molar-refractivity contribution in [2.24, 2.45) is 5.92 Å². The molecule has 5 amide bonds. The number of anilines is 1. The number of ether oxygens (including phenoxy) is 3. The summed E-state index contributed by atoms with van der Waals surface area (Å²) in [4.78, 5) is 96.4. The second kappa shape index (κ2) is 18.4.